The van der Waals surface area contributed by atoms with Gasteiger partial charge in [-0.2, -0.15) is 0 Å². The molecule has 2 N–H and O–H groups in total. The van der Waals surface area contributed by atoms with Crippen LogP contribution in [0.25, 0.3) is 0 Å². The van der Waals surface area contributed by atoms with E-state index in [1.165, 1.54) is 24.1 Å². The van der Waals surface area contributed by atoms with Crippen molar-refractivity contribution in [1.82, 2.24) is 20.0 Å². The summed E-state index contributed by atoms with van der Waals surface area (Å²) in [4.78, 5) is 69.3. The minimum Gasteiger partial charge on any atom is -0.444 e. The number of ether oxygens (including phenoxy) is 2. The lowest BCUT2D eigenvalue weighted by atomic mass is 9.94. The molecule has 1 spiro atoms. The third-order valence-electron chi connectivity index (χ3n) is 8.21. The molecular weight excluding hydrogens is 585 g/mol. The number of halogens is 1. The van der Waals surface area contributed by atoms with Crippen LogP contribution in [-0.2, 0) is 37.6 Å². The summed E-state index contributed by atoms with van der Waals surface area (Å²) in [5.41, 5.74) is 0.183. The lowest BCUT2D eigenvalue weighted by Gasteiger charge is -2.33. The fraction of sp³-hybridized carbons (Fsp3) is 0.469. The van der Waals surface area contributed by atoms with Gasteiger partial charge in [0.25, 0.3) is 5.91 Å². The molecule has 45 heavy (non-hydrogen) atoms. The second-order valence-corrected chi connectivity index (χ2v) is 12.5. The van der Waals surface area contributed by atoms with Crippen molar-refractivity contribution in [2.24, 2.45) is 0 Å². The summed E-state index contributed by atoms with van der Waals surface area (Å²) < 4.78 is 24.9. The van der Waals surface area contributed by atoms with Gasteiger partial charge in [-0.1, -0.05) is 18.2 Å². The summed E-state index contributed by atoms with van der Waals surface area (Å²) in [6.45, 7) is 5.45. The number of benzene rings is 2. The van der Waals surface area contributed by atoms with E-state index in [1.54, 1.807) is 56.0 Å². The molecule has 240 valence electrons. The van der Waals surface area contributed by atoms with Gasteiger partial charge in [0, 0.05) is 44.4 Å². The number of imide groups is 1. The van der Waals surface area contributed by atoms with Gasteiger partial charge in [-0.05, 0) is 75.4 Å². The van der Waals surface area contributed by atoms with Gasteiger partial charge in [0.1, 0.15) is 18.0 Å². The molecule has 2 saturated heterocycles. The number of carbonyl (C=O) groups excluding carboxylic acids is 5. The molecule has 2 heterocycles. The van der Waals surface area contributed by atoms with Gasteiger partial charge >= 0.3 is 18.2 Å². The maximum Gasteiger partial charge on any atom is 0.418 e. The molecule has 0 saturated carbocycles. The fourth-order valence-electron chi connectivity index (χ4n) is 6.07. The predicted molar refractivity (Wildman–Crippen MR) is 160 cm³/mol. The molecule has 6 amide bonds. The van der Waals surface area contributed by atoms with E-state index in [0.29, 0.717) is 36.2 Å². The van der Waals surface area contributed by atoms with E-state index >= 15 is 0 Å². The van der Waals surface area contributed by atoms with Crippen LogP contribution in [-0.4, -0.2) is 83.1 Å². The van der Waals surface area contributed by atoms with Crippen molar-refractivity contribution < 1.29 is 37.8 Å². The van der Waals surface area contributed by atoms with Crippen LogP contribution in [0, 0.1) is 5.82 Å². The molecule has 0 aromatic heterocycles. The highest BCUT2D eigenvalue weighted by molar-refractivity contribution is 6.06. The van der Waals surface area contributed by atoms with Crippen LogP contribution in [0.4, 0.5) is 24.5 Å². The highest BCUT2D eigenvalue weighted by atomic mass is 19.1. The Bertz CT molecular complexity index is 1510. The minimum absolute atomic E-state index is 0.0734. The molecule has 2 aromatic rings. The largest absolute Gasteiger partial charge is 0.444 e. The fourth-order valence-corrected chi connectivity index (χ4v) is 6.07. The number of rotatable bonds is 7. The number of nitrogens with one attached hydrogen (secondary N) is 2. The second kappa shape index (κ2) is 12.4. The number of anilines is 1. The Balaban J connectivity index is 1.35. The number of urea groups is 1. The normalized spacial score (nSPS) is 20.7. The van der Waals surface area contributed by atoms with Crippen molar-refractivity contribution in [2.45, 2.75) is 70.2 Å². The number of likely N-dealkylation sites (tertiary alicyclic amines) is 1. The number of aryl methyl sites for hydroxylation is 1. The first-order chi connectivity index (χ1) is 21.3. The molecule has 1 aliphatic carbocycles. The SMILES string of the molecule is CNC(=O)Nc1ccc2c(c1)CC[C@@]21OC(=O)N(CC(=O)N(Cc2ccc(F)cc2)CC2CCCN2C(=O)OC(C)(C)C)C1=O. The van der Waals surface area contributed by atoms with Gasteiger partial charge in [-0.15, -0.1) is 0 Å². The van der Waals surface area contributed by atoms with Crippen molar-refractivity contribution in [1.29, 1.82) is 0 Å². The number of amides is 6. The van der Waals surface area contributed by atoms with E-state index in [1.807, 2.05) is 0 Å². The van der Waals surface area contributed by atoms with E-state index < -0.39 is 53.6 Å². The highest BCUT2D eigenvalue weighted by Crippen LogP contribution is 2.46. The van der Waals surface area contributed by atoms with Crippen LogP contribution in [0.3, 0.4) is 0 Å². The van der Waals surface area contributed by atoms with E-state index in [0.717, 1.165) is 16.9 Å². The molecule has 3 aliphatic rings. The van der Waals surface area contributed by atoms with E-state index in [-0.39, 0.29) is 25.6 Å². The molecular formula is C32H38FN5O7. The van der Waals surface area contributed by atoms with Crippen molar-refractivity contribution in [3.8, 4) is 0 Å². The van der Waals surface area contributed by atoms with Gasteiger partial charge in [-0.3, -0.25) is 9.59 Å². The lowest BCUT2D eigenvalue weighted by molar-refractivity contribution is -0.142. The zero-order chi connectivity index (χ0) is 32.5. The number of nitrogens with zero attached hydrogens (tertiary/aromatic N) is 3. The first-order valence-corrected chi connectivity index (χ1v) is 15.0. The topological polar surface area (TPSA) is 138 Å². The zero-order valence-corrected chi connectivity index (χ0v) is 25.9. The zero-order valence-electron chi connectivity index (χ0n) is 25.9. The quantitative estimate of drug-likeness (QED) is 0.473. The van der Waals surface area contributed by atoms with Crippen LogP contribution >= 0.6 is 0 Å². The smallest absolute Gasteiger partial charge is 0.418 e. The van der Waals surface area contributed by atoms with Crippen molar-refractivity contribution in [2.75, 3.05) is 32.0 Å². The molecule has 2 aromatic carbocycles. The van der Waals surface area contributed by atoms with E-state index in [4.69, 9.17) is 9.47 Å². The second-order valence-electron chi connectivity index (χ2n) is 12.5. The molecule has 2 fully saturated rings. The predicted octanol–water partition coefficient (Wildman–Crippen LogP) is 4.13. The maximum absolute atomic E-state index is 13.8. The first-order valence-electron chi connectivity index (χ1n) is 15.0. The molecule has 12 nitrogen and oxygen atoms in total. The van der Waals surface area contributed by atoms with Crippen molar-refractivity contribution in [3.63, 3.8) is 0 Å². The first kappa shape index (κ1) is 31.7. The van der Waals surface area contributed by atoms with Gasteiger partial charge in [0.15, 0.2) is 0 Å². The molecule has 2 atom stereocenters. The Morgan fingerprint density at radius 1 is 1.13 bits per heavy atom. The summed E-state index contributed by atoms with van der Waals surface area (Å²) in [5, 5.41) is 5.16. The Hall–Kier alpha value is -4.68. The Morgan fingerprint density at radius 3 is 2.56 bits per heavy atom. The maximum atomic E-state index is 13.8. The van der Waals surface area contributed by atoms with Crippen LogP contribution in [0.5, 0.6) is 0 Å². The summed E-state index contributed by atoms with van der Waals surface area (Å²) >= 11 is 0. The molecule has 13 heteroatoms. The van der Waals surface area contributed by atoms with E-state index in [9.17, 15) is 28.4 Å². The van der Waals surface area contributed by atoms with Crippen LogP contribution < -0.4 is 10.6 Å². The number of fused-ring (bicyclic) bond motifs is 2. The standard InChI is InChI=1S/C32H38FN5O7/c1-31(2,3)44-29(42)37-15-5-6-24(37)18-36(17-20-7-9-22(33)10-8-20)26(39)19-38-27(40)32(45-30(38)43)14-13-21-16-23(11-12-25(21)32)35-28(41)34-4/h7-12,16,24H,5-6,13-15,17-19H2,1-4H3,(H2,34,35,41)/t24?,32-/m1/s1. The third kappa shape index (κ3) is 6.71. The van der Waals surface area contributed by atoms with E-state index in [2.05, 4.69) is 10.6 Å². The monoisotopic (exact) mass is 623 g/mol. The summed E-state index contributed by atoms with van der Waals surface area (Å²) in [6, 6.07) is 9.96. The van der Waals surface area contributed by atoms with Crippen LogP contribution in [0.1, 0.15) is 56.7 Å². The van der Waals surface area contributed by atoms with Crippen LogP contribution in [0.2, 0.25) is 0 Å². The van der Waals surface area contributed by atoms with Crippen molar-refractivity contribution >= 4 is 35.7 Å². The third-order valence-corrected chi connectivity index (χ3v) is 8.21. The summed E-state index contributed by atoms with van der Waals surface area (Å²) in [5.74, 6) is -1.58. The Morgan fingerprint density at radius 2 is 1.87 bits per heavy atom. The number of hydrogen-bond donors (Lipinski definition) is 2. The molecule has 2 aliphatic heterocycles. The number of carbonyl (C=O) groups is 5. The van der Waals surface area contributed by atoms with Gasteiger partial charge in [0.05, 0.1) is 6.04 Å². The number of hydrogen-bond acceptors (Lipinski definition) is 7. The molecule has 5 rings (SSSR count). The van der Waals surface area contributed by atoms with Gasteiger partial charge in [0.2, 0.25) is 11.5 Å². The average molecular weight is 624 g/mol. The lowest BCUT2D eigenvalue weighted by Crippen LogP contribution is -2.49. The molecule has 0 radical (unpaired) electrons. The molecule has 0 bridgehead atoms. The Labute approximate surface area is 260 Å². The summed E-state index contributed by atoms with van der Waals surface area (Å²) in [6.07, 6.45) is 0.584. The van der Waals surface area contributed by atoms with Crippen LogP contribution in [0.15, 0.2) is 42.5 Å². The summed E-state index contributed by atoms with van der Waals surface area (Å²) in [7, 11) is 1.50. The van der Waals surface area contributed by atoms with Gasteiger partial charge < -0.3 is 29.9 Å². The minimum atomic E-state index is -1.56. The van der Waals surface area contributed by atoms with Crippen molar-refractivity contribution in [3.05, 3.63) is 65.0 Å². The Kier molecular flexibility index (Phi) is 8.72. The average Bonchev–Trinajstić information content (AvgIpc) is 3.66. The molecule has 1 unspecified atom stereocenters. The van der Waals surface area contributed by atoms with Gasteiger partial charge in [-0.25, -0.2) is 23.7 Å². The highest BCUT2D eigenvalue weighted by Gasteiger charge is 2.58.